The molecule has 4 nitrogen and oxygen atoms in total. The number of nitrogens with zero attached hydrogens (tertiary/aromatic N) is 4. The van der Waals surface area contributed by atoms with E-state index < -0.39 is 0 Å². The van der Waals surface area contributed by atoms with E-state index in [1.807, 2.05) is 60.8 Å². The van der Waals surface area contributed by atoms with Crippen LogP contribution in [0.25, 0.3) is 45.2 Å². The summed E-state index contributed by atoms with van der Waals surface area (Å²) in [5.74, 6) is 0. The van der Waals surface area contributed by atoms with Gasteiger partial charge in [0.05, 0.1) is 28.5 Å². The van der Waals surface area contributed by atoms with Crippen LogP contribution in [-0.2, 0) is 0 Å². The summed E-state index contributed by atoms with van der Waals surface area (Å²) >= 11 is 0. The van der Waals surface area contributed by atoms with Crippen molar-refractivity contribution < 1.29 is 0 Å². The van der Waals surface area contributed by atoms with Gasteiger partial charge in [-0.25, -0.2) is 4.98 Å². The fourth-order valence-corrected chi connectivity index (χ4v) is 3.61. The maximum absolute atomic E-state index is 5.03. The SMILES string of the molecule is Cc1ccc(-c2cc(-c3ccccn3)nc(-c3ccccn3)c2-c2ccccn2)cc1. The molecule has 0 unspecified atom stereocenters. The van der Waals surface area contributed by atoms with Crippen molar-refractivity contribution in [2.75, 3.05) is 0 Å². The average molecular weight is 400 g/mol. The highest BCUT2D eigenvalue weighted by molar-refractivity contribution is 5.92. The molecule has 0 aliphatic heterocycles. The zero-order valence-corrected chi connectivity index (χ0v) is 17.1. The van der Waals surface area contributed by atoms with Gasteiger partial charge in [0.25, 0.3) is 0 Å². The molecule has 0 atom stereocenters. The molecule has 148 valence electrons. The molecule has 0 saturated carbocycles. The third-order valence-electron chi connectivity index (χ3n) is 5.14. The molecule has 0 saturated heterocycles. The molecule has 0 radical (unpaired) electrons. The largest absolute Gasteiger partial charge is 0.256 e. The third kappa shape index (κ3) is 3.83. The highest BCUT2D eigenvalue weighted by Crippen LogP contribution is 2.39. The van der Waals surface area contributed by atoms with Crippen LogP contribution < -0.4 is 0 Å². The Balaban J connectivity index is 1.87. The molecule has 4 aromatic heterocycles. The number of benzene rings is 1. The number of aryl methyl sites for hydroxylation is 1. The first-order valence-electron chi connectivity index (χ1n) is 10.2. The van der Waals surface area contributed by atoms with Crippen LogP contribution in [-0.4, -0.2) is 19.9 Å². The molecular weight excluding hydrogens is 380 g/mol. The molecule has 5 aromatic rings. The molecule has 0 fully saturated rings. The van der Waals surface area contributed by atoms with Crippen molar-refractivity contribution >= 4 is 0 Å². The summed E-state index contributed by atoms with van der Waals surface area (Å²) in [6.07, 6.45) is 5.39. The quantitative estimate of drug-likeness (QED) is 0.358. The normalized spacial score (nSPS) is 10.7. The molecule has 1 aromatic carbocycles. The first-order chi connectivity index (χ1) is 15.3. The van der Waals surface area contributed by atoms with Crippen LogP contribution in [0.4, 0.5) is 0 Å². The van der Waals surface area contributed by atoms with Gasteiger partial charge in [-0.05, 0) is 60.5 Å². The van der Waals surface area contributed by atoms with Gasteiger partial charge in [0.15, 0.2) is 0 Å². The van der Waals surface area contributed by atoms with E-state index in [0.29, 0.717) is 0 Å². The maximum atomic E-state index is 5.03. The number of hydrogen-bond donors (Lipinski definition) is 0. The van der Waals surface area contributed by atoms with Crippen molar-refractivity contribution in [3.05, 3.63) is 109 Å². The highest BCUT2D eigenvalue weighted by atomic mass is 14.8. The second-order valence-electron chi connectivity index (χ2n) is 7.29. The molecule has 0 aliphatic rings. The molecule has 31 heavy (non-hydrogen) atoms. The number of hydrogen-bond acceptors (Lipinski definition) is 4. The van der Waals surface area contributed by atoms with Gasteiger partial charge < -0.3 is 0 Å². The predicted octanol–water partition coefficient (Wildman–Crippen LogP) is 6.24. The topological polar surface area (TPSA) is 51.6 Å². The van der Waals surface area contributed by atoms with Crippen LogP contribution in [0, 0.1) is 6.92 Å². The van der Waals surface area contributed by atoms with Gasteiger partial charge in [-0.1, -0.05) is 48.0 Å². The van der Waals surface area contributed by atoms with Gasteiger partial charge in [-0.3, -0.25) is 15.0 Å². The Labute approximate surface area is 181 Å². The van der Waals surface area contributed by atoms with Crippen LogP contribution in [0.1, 0.15) is 5.56 Å². The van der Waals surface area contributed by atoms with Gasteiger partial charge in [0.2, 0.25) is 0 Å². The van der Waals surface area contributed by atoms with Crippen LogP contribution in [0.2, 0.25) is 0 Å². The second kappa shape index (κ2) is 8.28. The lowest BCUT2D eigenvalue weighted by atomic mass is 9.93. The molecular formula is C27H20N4. The predicted molar refractivity (Wildman–Crippen MR) is 124 cm³/mol. The summed E-state index contributed by atoms with van der Waals surface area (Å²) in [4.78, 5) is 18.8. The van der Waals surface area contributed by atoms with E-state index in [-0.39, 0.29) is 0 Å². The summed E-state index contributed by atoms with van der Waals surface area (Å²) in [6, 6.07) is 28.3. The van der Waals surface area contributed by atoms with E-state index in [1.165, 1.54) is 5.56 Å². The van der Waals surface area contributed by atoms with Gasteiger partial charge in [-0.2, -0.15) is 0 Å². The Bertz CT molecular complexity index is 1300. The average Bonchev–Trinajstić information content (AvgIpc) is 2.85. The standard InChI is InChI=1S/C27H20N4/c1-19-11-13-20(14-12-19)21-18-25(22-8-2-5-15-28-22)31-27(24-10-4-7-17-30-24)26(21)23-9-3-6-16-29-23/h2-18H,1H3. The monoisotopic (exact) mass is 400 g/mol. The summed E-state index contributed by atoms with van der Waals surface area (Å²) in [5, 5.41) is 0. The summed E-state index contributed by atoms with van der Waals surface area (Å²) in [5.41, 5.74) is 8.40. The smallest absolute Gasteiger partial charge is 0.0994 e. The lowest BCUT2D eigenvalue weighted by Gasteiger charge is -2.16. The van der Waals surface area contributed by atoms with E-state index >= 15 is 0 Å². The maximum Gasteiger partial charge on any atom is 0.0994 e. The van der Waals surface area contributed by atoms with Crippen molar-refractivity contribution in [3.8, 4) is 45.2 Å². The molecule has 0 spiro atoms. The van der Waals surface area contributed by atoms with Crippen LogP contribution in [0.3, 0.4) is 0 Å². The number of aromatic nitrogens is 4. The van der Waals surface area contributed by atoms with E-state index in [2.05, 4.69) is 52.2 Å². The fourth-order valence-electron chi connectivity index (χ4n) is 3.61. The van der Waals surface area contributed by atoms with Gasteiger partial charge in [0, 0.05) is 24.2 Å². The Hall–Kier alpha value is -4.18. The Kier molecular flexibility index (Phi) is 5.03. The lowest BCUT2D eigenvalue weighted by Crippen LogP contribution is -1.99. The van der Waals surface area contributed by atoms with E-state index in [0.717, 1.165) is 45.2 Å². The third-order valence-corrected chi connectivity index (χ3v) is 5.14. The second-order valence-corrected chi connectivity index (χ2v) is 7.29. The number of pyridine rings is 4. The molecule has 0 amide bonds. The van der Waals surface area contributed by atoms with E-state index in [9.17, 15) is 0 Å². The summed E-state index contributed by atoms with van der Waals surface area (Å²) in [6.45, 7) is 2.09. The molecule has 4 heterocycles. The van der Waals surface area contributed by atoms with E-state index in [1.54, 1.807) is 12.4 Å². The van der Waals surface area contributed by atoms with E-state index in [4.69, 9.17) is 4.98 Å². The van der Waals surface area contributed by atoms with Gasteiger partial charge in [-0.15, -0.1) is 0 Å². The zero-order chi connectivity index (χ0) is 21.0. The van der Waals surface area contributed by atoms with Crippen molar-refractivity contribution in [2.24, 2.45) is 0 Å². The van der Waals surface area contributed by atoms with Crippen molar-refractivity contribution in [2.45, 2.75) is 6.92 Å². The van der Waals surface area contributed by atoms with Crippen molar-refractivity contribution in [1.29, 1.82) is 0 Å². The molecule has 0 N–H and O–H groups in total. The van der Waals surface area contributed by atoms with Gasteiger partial charge in [0.1, 0.15) is 0 Å². The highest BCUT2D eigenvalue weighted by Gasteiger charge is 2.20. The molecule has 0 aliphatic carbocycles. The number of rotatable bonds is 4. The Morgan fingerprint density at radius 1 is 0.548 bits per heavy atom. The zero-order valence-electron chi connectivity index (χ0n) is 17.1. The van der Waals surface area contributed by atoms with Crippen LogP contribution >= 0.6 is 0 Å². The van der Waals surface area contributed by atoms with Crippen molar-refractivity contribution in [1.82, 2.24) is 19.9 Å². The Morgan fingerprint density at radius 2 is 1.13 bits per heavy atom. The first kappa shape index (κ1) is 18.8. The Morgan fingerprint density at radius 3 is 1.71 bits per heavy atom. The molecule has 0 bridgehead atoms. The molecule has 4 heteroatoms. The van der Waals surface area contributed by atoms with Crippen LogP contribution in [0.15, 0.2) is 104 Å². The molecule has 5 rings (SSSR count). The van der Waals surface area contributed by atoms with Crippen molar-refractivity contribution in [3.63, 3.8) is 0 Å². The van der Waals surface area contributed by atoms with Gasteiger partial charge >= 0.3 is 0 Å². The lowest BCUT2D eigenvalue weighted by molar-refractivity contribution is 1.21. The summed E-state index contributed by atoms with van der Waals surface area (Å²) < 4.78 is 0. The fraction of sp³-hybridized carbons (Fsp3) is 0.0370. The van der Waals surface area contributed by atoms with Crippen LogP contribution in [0.5, 0.6) is 0 Å². The minimum absolute atomic E-state index is 0.790. The first-order valence-corrected chi connectivity index (χ1v) is 10.2. The summed E-state index contributed by atoms with van der Waals surface area (Å²) in [7, 11) is 0. The minimum Gasteiger partial charge on any atom is -0.256 e. The minimum atomic E-state index is 0.790.